The molecule has 154 valence electrons. The lowest BCUT2D eigenvalue weighted by Crippen LogP contribution is -2.42. The lowest BCUT2D eigenvalue weighted by Gasteiger charge is -2.21. The molecule has 1 unspecified atom stereocenters. The zero-order valence-corrected chi connectivity index (χ0v) is 18.4. The summed E-state index contributed by atoms with van der Waals surface area (Å²) >= 11 is 0. The topological polar surface area (TPSA) is 42.9 Å². The zero-order chi connectivity index (χ0) is 20.1. The first kappa shape index (κ1) is 23.4. The van der Waals surface area contributed by atoms with Crippen LogP contribution in [0.15, 0.2) is 29.3 Å². The van der Waals surface area contributed by atoms with Crippen molar-refractivity contribution >= 4 is 5.96 Å². The van der Waals surface area contributed by atoms with Gasteiger partial charge in [0, 0.05) is 26.2 Å². The molecule has 1 atom stereocenters. The third-order valence-corrected chi connectivity index (χ3v) is 5.06. The van der Waals surface area contributed by atoms with Crippen LogP contribution in [0.4, 0.5) is 0 Å². The van der Waals surface area contributed by atoms with Crippen LogP contribution >= 0.6 is 0 Å². The van der Waals surface area contributed by atoms with Crippen molar-refractivity contribution in [3.8, 4) is 0 Å². The summed E-state index contributed by atoms with van der Waals surface area (Å²) in [6.45, 7) is 15.1. The largest absolute Gasteiger partial charge is 0.354 e. The van der Waals surface area contributed by atoms with Gasteiger partial charge < -0.3 is 20.4 Å². The quantitative estimate of drug-likeness (QED) is 0.434. The zero-order valence-electron chi connectivity index (χ0n) is 18.4. The Morgan fingerprint density at radius 2 is 1.81 bits per heavy atom. The molecule has 0 amide bonds. The van der Waals surface area contributed by atoms with Crippen molar-refractivity contribution in [2.24, 2.45) is 4.99 Å². The van der Waals surface area contributed by atoms with Crippen molar-refractivity contribution in [1.82, 2.24) is 20.4 Å². The van der Waals surface area contributed by atoms with E-state index in [9.17, 15) is 0 Å². The van der Waals surface area contributed by atoms with E-state index in [0.717, 1.165) is 45.1 Å². The number of aliphatic imine (C=N–C) groups is 1. The van der Waals surface area contributed by atoms with E-state index in [0.29, 0.717) is 6.04 Å². The standard InChI is InChI=1S/C22H41N5/c1-7-26(6)18-21-14-10-13-20(16-21)17-24-22(23-5)25-19(4)12-11-15-27(8-2)9-3/h10,13-14,16,19H,7-9,11-12,15,17-18H2,1-6H3,(H2,23,24,25). The van der Waals surface area contributed by atoms with Crippen LogP contribution in [0.2, 0.25) is 0 Å². The van der Waals surface area contributed by atoms with E-state index < -0.39 is 0 Å². The van der Waals surface area contributed by atoms with Crippen LogP contribution in [0.1, 0.15) is 51.7 Å². The van der Waals surface area contributed by atoms with Gasteiger partial charge in [0.05, 0.1) is 0 Å². The Morgan fingerprint density at radius 3 is 2.44 bits per heavy atom. The molecule has 1 rings (SSSR count). The smallest absolute Gasteiger partial charge is 0.191 e. The Balaban J connectivity index is 2.42. The highest BCUT2D eigenvalue weighted by Gasteiger charge is 2.07. The van der Waals surface area contributed by atoms with Crippen LogP contribution in [0.25, 0.3) is 0 Å². The maximum atomic E-state index is 4.38. The van der Waals surface area contributed by atoms with Gasteiger partial charge in [-0.3, -0.25) is 4.99 Å². The van der Waals surface area contributed by atoms with Gasteiger partial charge in [-0.25, -0.2) is 0 Å². The highest BCUT2D eigenvalue weighted by Crippen LogP contribution is 2.07. The second-order valence-electron chi connectivity index (χ2n) is 7.29. The summed E-state index contributed by atoms with van der Waals surface area (Å²) in [6.07, 6.45) is 2.36. The summed E-state index contributed by atoms with van der Waals surface area (Å²) in [5.41, 5.74) is 2.64. The molecule has 5 heteroatoms. The first-order valence-electron chi connectivity index (χ1n) is 10.5. The molecule has 0 heterocycles. The van der Waals surface area contributed by atoms with E-state index >= 15 is 0 Å². The fraction of sp³-hybridized carbons (Fsp3) is 0.682. The lowest BCUT2D eigenvalue weighted by molar-refractivity contribution is 0.292. The average Bonchev–Trinajstić information content (AvgIpc) is 2.68. The number of benzene rings is 1. The lowest BCUT2D eigenvalue weighted by atomic mass is 10.1. The normalized spacial score (nSPS) is 13.3. The molecular formula is C22H41N5. The maximum Gasteiger partial charge on any atom is 0.191 e. The second kappa shape index (κ2) is 13.6. The minimum absolute atomic E-state index is 0.413. The van der Waals surface area contributed by atoms with E-state index in [-0.39, 0.29) is 0 Å². The first-order valence-corrected chi connectivity index (χ1v) is 10.5. The molecule has 27 heavy (non-hydrogen) atoms. The summed E-state index contributed by atoms with van der Waals surface area (Å²) in [7, 11) is 3.99. The van der Waals surface area contributed by atoms with Crippen molar-refractivity contribution in [3.05, 3.63) is 35.4 Å². The van der Waals surface area contributed by atoms with Gasteiger partial charge in [0.2, 0.25) is 0 Å². The van der Waals surface area contributed by atoms with Crippen LogP contribution in [-0.4, -0.2) is 62.1 Å². The van der Waals surface area contributed by atoms with Gasteiger partial charge in [-0.15, -0.1) is 0 Å². The van der Waals surface area contributed by atoms with Crippen LogP contribution in [-0.2, 0) is 13.1 Å². The van der Waals surface area contributed by atoms with Gasteiger partial charge in [-0.1, -0.05) is 45.0 Å². The van der Waals surface area contributed by atoms with Crippen molar-refractivity contribution in [3.63, 3.8) is 0 Å². The minimum Gasteiger partial charge on any atom is -0.354 e. The summed E-state index contributed by atoms with van der Waals surface area (Å²) in [6, 6.07) is 9.20. The van der Waals surface area contributed by atoms with Crippen molar-refractivity contribution in [2.45, 2.75) is 59.7 Å². The summed E-state index contributed by atoms with van der Waals surface area (Å²) < 4.78 is 0. The number of rotatable bonds is 12. The number of hydrogen-bond donors (Lipinski definition) is 2. The molecule has 0 saturated heterocycles. The highest BCUT2D eigenvalue weighted by molar-refractivity contribution is 5.79. The highest BCUT2D eigenvalue weighted by atomic mass is 15.2. The Hall–Kier alpha value is -1.59. The molecule has 0 bridgehead atoms. The summed E-state index contributed by atoms with van der Waals surface area (Å²) in [5.74, 6) is 0.876. The SMILES string of the molecule is CCN(C)Cc1cccc(CNC(=NC)NC(C)CCCN(CC)CC)c1. The van der Waals surface area contributed by atoms with Gasteiger partial charge in [-0.2, -0.15) is 0 Å². The monoisotopic (exact) mass is 375 g/mol. The van der Waals surface area contributed by atoms with Gasteiger partial charge >= 0.3 is 0 Å². The Labute approximate surface area is 167 Å². The van der Waals surface area contributed by atoms with Crippen LogP contribution in [0, 0.1) is 0 Å². The molecule has 0 fully saturated rings. The predicted octanol–water partition coefficient (Wildman–Crippen LogP) is 3.31. The summed E-state index contributed by atoms with van der Waals surface area (Å²) in [4.78, 5) is 9.17. The molecule has 0 aliphatic heterocycles. The van der Waals surface area contributed by atoms with E-state index in [4.69, 9.17) is 0 Å². The molecule has 0 aromatic heterocycles. The number of hydrogen-bond acceptors (Lipinski definition) is 3. The molecule has 0 radical (unpaired) electrons. The second-order valence-corrected chi connectivity index (χ2v) is 7.29. The van der Waals surface area contributed by atoms with Crippen LogP contribution < -0.4 is 10.6 Å². The Kier molecular flexibility index (Phi) is 11.8. The molecule has 1 aromatic rings. The molecule has 0 spiro atoms. The minimum atomic E-state index is 0.413. The van der Waals surface area contributed by atoms with Crippen molar-refractivity contribution in [1.29, 1.82) is 0 Å². The number of guanidine groups is 1. The van der Waals surface area contributed by atoms with Gasteiger partial charge in [0.25, 0.3) is 0 Å². The van der Waals surface area contributed by atoms with E-state index in [2.05, 4.69) is 84.4 Å². The molecular weight excluding hydrogens is 334 g/mol. The van der Waals surface area contributed by atoms with Crippen LogP contribution in [0.5, 0.6) is 0 Å². The number of nitrogens with one attached hydrogen (secondary N) is 2. The summed E-state index contributed by atoms with van der Waals surface area (Å²) in [5, 5.41) is 6.96. The third-order valence-electron chi connectivity index (χ3n) is 5.06. The van der Waals surface area contributed by atoms with Gasteiger partial charge in [0.1, 0.15) is 0 Å². The van der Waals surface area contributed by atoms with E-state index in [1.54, 1.807) is 0 Å². The van der Waals surface area contributed by atoms with E-state index in [1.165, 1.54) is 24.1 Å². The number of nitrogens with zero attached hydrogens (tertiary/aromatic N) is 3. The van der Waals surface area contributed by atoms with E-state index in [1.807, 2.05) is 7.05 Å². The van der Waals surface area contributed by atoms with Crippen molar-refractivity contribution in [2.75, 3.05) is 40.3 Å². The Bertz CT molecular complexity index is 539. The van der Waals surface area contributed by atoms with Crippen molar-refractivity contribution < 1.29 is 0 Å². The van der Waals surface area contributed by atoms with Crippen LogP contribution in [0.3, 0.4) is 0 Å². The fourth-order valence-corrected chi connectivity index (χ4v) is 3.11. The first-order chi connectivity index (χ1) is 13.0. The maximum absolute atomic E-state index is 4.38. The molecule has 0 aliphatic carbocycles. The fourth-order valence-electron chi connectivity index (χ4n) is 3.11. The Morgan fingerprint density at radius 1 is 1.11 bits per heavy atom. The molecule has 1 aromatic carbocycles. The molecule has 2 N–H and O–H groups in total. The predicted molar refractivity (Wildman–Crippen MR) is 118 cm³/mol. The molecule has 0 saturated carbocycles. The average molecular weight is 376 g/mol. The third kappa shape index (κ3) is 9.78. The molecule has 5 nitrogen and oxygen atoms in total. The van der Waals surface area contributed by atoms with Gasteiger partial charge in [0.15, 0.2) is 5.96 Å². The van der Waals surface area contributed by atoms with Gasteiger partial charge in [-0.05, 0) is 64.1 Å². The molecule has 0 aliphatic rings.